The lowest BCUT2D eigenvalue weighted by atomic mass is 9.84. The van der Waals surface area contributed by atoms with Crippen molar-refractivity contribution < 1.29 is 4.74 Å². The van der Waals surface area contributed by atoms with Gasteiger partial charge in [0.15, 0.2) is 0 Å². The fourth-order valence-corrected chi connectivity index (χ4v) is 2.84. The second kappa shape index (κ2) is 6.08. The molecule has 1 aliphatic carbocycles. The van der Waals surface area contributed by atoms with Crippen LogP contribution in [-0.2, 0) is 0 Å². The first-order valence-corrected chi connectivity index (χ1v) is 7.05. The fraction of sp³-hybridized carbons (Fsp3) is 0.714. The normalized spacial score (nSPS) is 23.1. The monoisotopic (exact) mass is 264 g/mol. The molecule has 2 N–H and O–H groups in total. The number of nitrogens with two attached hydrogens (primary N) is 1. The van der Waals surface area contributed by atoms with Gasteiger partial charge in [0, 0.05) is 19.2 Å². The molecule has 19 heavy (non-hydrogen) atoms. The van der Waals surface area contributed by atoms with E-state index in [-0.39, 0.29) is 5.95 Å². The van der Waals surface area contributed by atoms with Crippen molar-refractivity contribution in [3.8, 4) is 5.88 Å². The molecule has 0 saturated heterocycles. The van der Waals surface area contributed by atoms with Crippen molar-refractivity contribution in [3.63, 3.8) is 0 Å². The van der Waals surface area contributed by atoms with Gasteiger partial charge in [-0.15, -0.1) is 0 Å². The summed E-state index contributed by atoms with van der Waals surface area (Å²) in [5.41, 5.74) is 5.72. The predicted octanol–water partition coefficient (Wildman–Crippen LogP) is 2.47. The molecule has 0 aromatic carbocycles. The Bertz CT molecular complexity index is 416. The first kappa shape index (κ1) is 13.9. The Balaban J connectivity index is 2.07. The third kappa shape index (κ3) is 3.28. The zero-order valence-electron chi connectivity index (χ0n) is 12.1. The first-order valence-electron chi connectivity index (χ1n) is 7.05. The van der Waals surface area contributed by atoms with E-state index in [4.69, 9.17) is 10.5 Å². The summed E-state index contributed by atoms with van der Waals surface area (Å²) in [6, 6.07) is 2.39. The van der Waals surface area contributed by atoms with Gasteiger partial charge in [-0.1, -0.05) is 13.3 Å². The maximum atomic E-state index is 5.72. The van der Waals surface area contributed by atoms with Crippen LogP contribution >= 0.6 is 0 Å². The molecule has 0 bridgehead atoms. The molecule has 0 radical (unpaired) electrons. The Hall–Kier alpha value is -1.52. The van der Waals surface area contributed by atoms with Gasteiger partial charge in [-0.25, -0.2) is 0 Å². The van der Waals surface area contributed by atoms with Gasteiger partial charge in [0.25, 0.3) is 0 Å². The van der Waals surface area contributed by atoms with Crippen LogP contribution in [0.25, 0.3) is 0 Å². The molecule has 1 heterocycles. The highest BCUT2D eigenvalue weighted by molar-refractivity contribution is 5.45. The fourth-order valence-electron chi connectivity index (χ4n) is 2.84. The van der Waals surface area contributed by atoms with Crippen molar-refractivity contribution in [2.75, 3.05) is 24.8 Å². The number of hydrogen-bond donors (Lipinski definition) is 1. The molecular formula is C14H24N4O. The maximum Gasteiger partial charge on any atom is 0.225 e. The zero-order chi connectivity index (χ0) is 13.8. The quantitative estimate of drug-likeness (QED) is 0.905. The van der Waals surface area contributed by atoms with Crippen molar-refractivity contribution >= 4 is 11.8 Å². The van der Waals surface area contributed by atoms with Gasteiger partial charge in [0.2, 0.25) is 11.8 Å². The summed E-state index contributed by atoms with van der Waals surface area (Å²) in [4.78, 5) is 10.5. The van der Waals surface area contributed by atoms with Crippen molar-refractivity contribution in [2.24, 2.45) is 5.92 Å². The maximum absolute atomic E-state index is 5.72. The van der Waals surface area contributed by atoms with Crippen molar-refractivity contribution in [2.45, 2.75) is 45.1 Å². The zero-order valence-corrected chi connectivity index (χ0v) is 12.1. The lowest BCUT2D eigenvalue weighted by molar-refractivity contribution is 0.312. The number of hydrogen-bond acceptors (Lipinski definition) is 5. The van der Waals surface area contributed by atoms with Gasteiger partial charge >= 0.3 is 0 Å². The summed E-state index contributed by atoms with van der Waals surface area (Å²) in [5, 5.41) is 0. The Labute approximate surface area is 115 Å². The van der Waals surface area contributed by atoms with Crippen LogP contribution in [0.2, 0.25) is 0 Å². The molecule has 1 saturated carbocycles. The topological polar surface area (TPSA) is 64.3 Å². The van der Waals surface area contributed by atoms with E-state index in [1.54, 1.807) is 7.11 Å². The van der Waals surface area contributed by atoms with Crippen LogP contribution in [0.3, 0.4) is 0 Å². The van der Waals surface area contributed by atoms with Gasteiger partial charge in [0.1, 0.15) is 5.82 Å². The van der Waals surface area contributed by atoms with Crippen molar-refractivity contribution in [1.29, 1.82) is 0 Å². The second-order valence-corrected chi connectivity index (χ2v) is 5.32. The van der Waals surface area contributed by atoms with E-state index in [1.807, 2.05) is 6.07 Å². The highest BCUT2D eigenvalue weighted by Crippen LogP contribution is 2.31. The van der Waals surface area contributed by atoms with Crippen LogP contribution in [0.1, 0.15) is 39.0 Å². The second-order valence-electron chi connectivity index (χ2n) is 5.32. The molecule has 0 unspecified atom stereocenters. The van der Waals surface area contributed by atoms with Gasteiger partial charge in [0.05, 0.1) is 7.11 Å². The van der Waals surface area contributed by atoms with E-state index in [9.17, 15) is 0 Å². The van der Waals surface area contributed by atoms with Crippen molar-refractivity contribution in [1.82, 2.24) is 9.97 Å². The molecule has 0 spiro atoms. The van der Waals surface area contributed by atoms with E-state index < -0.39 is 0 Å². The van der Waals surface area contributed by atoms with Crippen LogP contribution in [0, 0.1) is 5.92 Å². The molecule has 5 nitrogen and oxygen atoms in total. The Morgan fingerprint density at radius 3 is 2.58 bits per heavy atom. The number of methoxy groups -OCH3 is 1. The van der Waals surface area contributed by atoms with E-state index in [1.165, 1.54) is 32.1 Å². The van der Waals surface area contributed by atoms with E-state index in [0.29, 0.717) is 11.9 Å². The standard InChI is InChI=1S/C14H24N4O/c1-4-10-5-7-11(8-6-10)18(2)12-9-13(19-3)17-14(15)16-12/h9-11H,4-8H2,1-3H3,(H2,15,16,17). The summed E-state index contributed by atoms with van der Waals surface area (Å²) in [5.74, 6) is 2.54. The van der Waals surface area contributed by atoms with Gasteiger partial charge in [-0.3, -0.25) is 0 Å². The minimum absolute atomic E-state index is 0.267. The third-order valence-corrected chi connectivity index (χ3v) is 4.22. The van der Waals surface area contributed by atoms with E-state index in [2.05, 4.69) is 28.8 Å². The van der Waals surface area contributed by atoms with Gasteiger partial charge in [-0.2, -0.15) is 9.97 Å². The molecule has 0 aliphatic heterocycles. The molecule has 1 aromatic heterocycles. The number of ether oxygens (including phenoxy) is 1. The van der Waals surface area contributed by atoms with Crippen LogP contribution in [0.15, 0.2) is 6.07 Å². The minimum atomic E-state index is 0.267. The lowest BCUT2D eigenvalue weighted by Crippen LogP contribution is -2.35. The molecular weight excluding hydrogens is 240 g/mol. The average molecular weight is 264 g/mol. The summed E-state index contributed by atoms with van der Waals surface area (Å²) >= 11 is 0. The van der Waals surface area contributed by atoms with Crippen molar-refractivity contribution in [3.05, 3.63) is 6.07 Å². The van der Waals surface area contributed by atoms with E-state index in [0.717, 1.165) is 11.7 Å². The Kier molecular flexibility index (Phi) is 4.45. The first-order chi connectivity index (χ1) is 9.13. The number of nitrogen functional groups attached to an aromatic ring is 1. The molecule has 1 aromatic rings. The minimum Gasteiger partial charge on any atom is -0.481 e. The summed E-state index contributed by atoms with van der Waals surface area (Å²) in [6.07, 6.45) is 6.36. The SMILES string of the molecule is CCC1CCC(N(C)c2cc(OC)nc(N)n2)CC1. The summed E-state index contributed by atoms with van der Waals surface area (Å²) < 4.78 is 5.15. The average Bonchev–Trinajstić information content (AvgIpc) is 2.46. The van der Waals surface area contributed by atoms with Gasteiger partial charge in [-0.05, 0) is 31.6 Å². The number of anilines is 2. The number of aromatic nitrogens is 2. The molecule has 1 aliphatic rings. The molecule has 106 valence electrons. The van der Waals surface area contributed by atoms with Gasteiger partial charge < -0.3 is 15.4 Å². The Morgan fingerprint density at radius 2 is 2.00 bits per heavy atom. The van der Waals surface area contributed by atoms with E-state index >= 15 is 0 Å². The highest BCUT2D eigenvalue weighted by Gasteiger charge is 2.24. The van der Waals surface area contributed by atoms with Crippen LogP contribution in [0.4, 0.5) is 11.8 Å². The lowest BCUT2D eigenvalue weighted by Gasteiger charge is -2.35. The summed E-state index contributed by atoms with van der Waals surface area (Å²) in [6.45, 7) is 2.28. The smallest absolute Gasteiger partial charge is 0.225 e. The molecule has 2 rings (SSSR count). The Morgan fingerprint density at radius 1 is 1.32 bits per heavy atom. The largest absolute Gasteiger partial charge is 0.481 e. The van der Waals surface area contributed by atoms with Crippen LogP contribution in [0.5, 0.6) is 5.88 Å². The highest BCUT2D eigenvalue weighted by atomic mass is 16.5. The van der Waals surface area contributed by atoms with Crippen LogP contribution in [-0.4, -0.2) is 30.2 Å². The third-order valence-electron chi connectivity index (χ3n) is 4.22. The molecule has 0 atom stereocenters. The molecule has 1 fully saturated rings. The molecule has 5 heteroatoms. The summed E-state index contributed by atoms with van der Waals surface area (Å²) in [7, 11) is 3.68. The van der Waals surface area contributed by atoms with Crippen LogP contribution < -0.4 is 15.4 Å². The predicted molar refractivity (Wildman–Crippen MR) is 77.4 cm³/mol. The molecule has 0 amide bonds. The number of rotatable bonds is 4. The number of nitrogens with zero attached hydrogens (tertiary/aromatic N) is 3.